The zero-order chi connectivity index (χ0) is 23.6. The lowest BCUT2D eigenvalue weighted by Crippen LogP contribution is -2.39. The van der Waals surface area contributed by atoms with E-state index in [1.165, 1.54) is 12.8 Å². The summed E-state index contributed by atoms with van der Waals surface area (Å²) in [5.41, 5.74) is 2.72. The van der Waals surface area contributed by atoms with Gasteiger partial charge in [-0.3, -0.25) is 9.13 Å². The highest BCUT2D eigenvalue weighted by Crippen LogP contribution is 2.27. The van der Waals surface area contributed by atoms with Crippen molar-refractivity contribution in [2.24, 2.45) is 5.92 Å². The fourth-order valence-corrected chi connectivity index (χ4v) is 4.66. The lowest BCUT2D eigenvalue weighted by molar-refractivity contribution is 0.107. The summed E-state index contributed by atoms with van der Waals surface area (Å²) < 4.78 is 8.88. The Kier molecular flexibility index (Phi) is 6.70. The van der Waals surface area contributed by atoms with Gasteiger partial charge in [-0.05, 0) is 76.1 Å². The molecule has 0 bridgehead atoms. The van der Waals surface area contributed by atoms with Crippen LogP contribution in [0.1, 0.15) is 52.0 Å². The molecule has 3 aromatic rings. The summed E-state index contributed by atoms with van der Waals surface area (Å²) >= 11 is 0. The van der Waals surface area contributed by atoms with E-state index in [0.717, 1.165) is 35.7 Å². The zero-order valence-corrected chi connectivity index (χ0v) is 20.3. The van der Waals surface area contributed by atoms with Gasteiger partial charge in [0, 0.05) is 25.5 Å². The molecule has 7 heteroatoms. The molecule has 1 fully saturated rings. The van der Waals surface area contributed by atoms with Crippen molar-refractivity contribution in [3.05, 3.63) is 58.8 Å². The average molecular weight is 450 g/mol. The lowest BCUT2D eigenvalue weighted by atomic mass is 9.87. The number of rotatable bonds is 7. The molecule has 0 atom stereocenters. The van der Waals surface area contributed by atoms with E-state index in [2.05, 4.69) is 17.2 Å². The summed E-state index contributed by atoms with van der Waals surface area (Å²) in [5.74, 6) is 1.40. The van der Waals surface area contributed by atoms with Crippen LogP contribution in [-0.2, 0) is 10.3 Å². The monoisotopic (exact) mass is 449 g/mol. The number of aryl methyl sites for hydroxylation is 1. The van der Waals surface area contributed by atoms with Crippen LogP contribution in [-0.4, -0.2) is 38.9 Å². The Morgan fingerprint density at radius 3 is 2.64 bits per heavy atom. The van der Waals surface area contributed by atoms with Gasteiger partial charge >= 0.3 is 5.69 Å². The number of nitrogens with one attached hydrogen (secondary N) is 1. The van der Waals surface area contributed by atoms with Crippen LogP contribution in [0.2, 0.25) is 0 Å². The van der Waals surface area contributed by atoms with Gasteiger partial charge in [-0.25, -0.2) is 14.8 Å². The number of nitrogens with zero attached hydrogens (tertiary/aromatic N) is 4. The first-order chi connectivity index (χ1) is 15.8. The van der Waals surface area contributed by atoms with E-state index in [0.29, 0.717) is 24.3 Å². The van der Waals surface area contributed by atoms with Crippen LogP contribution in [0, 0.1) is 12.8 Å². The van der Waals surface area contributed by atoms with E-state index in [1.54, 1.807) is 22.4 Å². The molecule has 2 heterocycles. The van der Waals surface area contributed by atoms with Crippen LogP contribution in [0.5, 0.6) is 0 Å². The SMILES string of the molecule is COCC(C)(C)n1cc(-c2ccnc(NC3CCC(C)CC3)n2)n(-c2cccc(C)c2)c1=O. The maximum atomic E-state index is 13.6. The van der Waals surface area contributed by atoms with Crippen molar-refractivity contribution in [1.29, 1.82) is 0 Å². The van der Waals surface area contributed by atoms with Crippen LogP contribution in [0.25, 0.3) is 17.1 Å². The van der Waals surface area contributed by atoms with E-state index >= 15 is 0 Å². The number of methoxy groups -OCH3 is 1. The number of hydrogen-bond donors (Lipinski definition) is 1. The lowest BCUT2D eigenvalue weighted by Gasteiger charge is -2.26. The molecule has 0 amide bonds. The smallest absolute Gasteiger partial charge is 0.333 e. The van der Waals surface area contributed by atoms with Crippen LogP contribution < -0.4 is 11.0 Å². The molecule has 1 saturated carbocycles. The molecule has 7 nitrogen and oxygen atoms in total. The van der Waals surface area contributed by atoms with Crippen molar-refractivity contribution in [3.8, 4) is 17.1 Å². The molecule has 33 heavy (non-hydrogen) atoms. The van der Waals surface area contributed by atoms with Gasteiger partial charge in [-0.15, -0.1) is 0 Å². The predicted octanol–water partition coefficient (Wildman–Crippen LogP) is 4.78. The molecule has 0 spiro atoms. The first-order valence-electron chi connectivity index (χ1n) is 11.8. The van der Waals surface area contributed by atoms with Gasteiger partial charge in [0.15, 0.2) is 0 Å². The number of anilines is 1. The van der Waals surface area contributed by atoms with Crippen molar-refractivity contribution < 1.29 is 4.74 Å². The molecule has 1 aliphatic rings. The van der Waals surface area contributed by atoms with Gasteiger partial charge < -0.3 is 10.1 Å². The van der Waals surface area contributed by atoms with Gasteiger partial charge in [0.2, 0.25) is 5.95 Å². The van der Waals surface area contributed by atoms with E-state index in [9.17, 15) is 4.79 Å². The minimum Gasteiger partial charge on any atom is -0.382 e. The fraction of sp³-hybridized carbons (Fsp3) is 0.500. The topological polar surface area (TPSA) is 74.0 Å². The summed E-state index contributed by atoms with van der Waals surface area (Å²) in [6.45, 7) is 8.75. The van der Waals surface area contributed by atoms with E-state index < -0.39 is 5.54 Å². The Hall–Kier alpha value is -2.93. The number of ether oxygens (including phenoxy) is 1. The van der Waals surface area contributed by atoms with Crippen LogP contribution >= 0.6 is 0 Å². The first kappa shape index (κ1) is 23.2. The molecule has 0 saturated heterocycles. The Morgan fingerprint density at radius 2 is 1.94 bits per heavy atom. The van der Waals surface area contributed by atoms with Crippen LogP contribution in [0.4, 0.5) is 5.95 Å². The largest absolute Gasteiger partial charge is 0.382 e. The second-order valence-electron chi connectivity index (χ2n) is 9.95. The minimum atomic E-state index is -0.511. The van der Waals surface area contributed by atoms with Crippen molar-refractivity contribution >= 4 is 5.95 Å². The minimum absolute atomic E-state index is 0.118. The van der Waals surface area contributed by atoms with Crippen molar-refractivity contribution in [1.82, 2.24) is 19.1 Å². The molecule has 4 rings (SSSR count). The van der Waals surface area contributed by atoms with Gasteiger partial charge in [-0.2, -0.15) is 0 Å². The van der Waals surface area contributed by atoms with Crippen LogP contribution in [0.15, 0.2) is 47.5 Å². The normalized spacial score (nSPS) is 18.9. The quantitative estimate of drug-likeness (QED) is 0.562. The number of hydrogen-bond acceptors (Lipinski definition) is 5. The number of aromatic nitrogens is 4. The second-order valence-corrected chi connectivity index (χ2v) is 9.95. The third kappa shape index (κ3) is 5.03. The Balaban J connectivity index is 1.77. The van der Waals surface area contributed by atoms with E-state index in [1.807, 2.05) is 57.3 Å². The summed E-state index contributed by atoms with van der Waals surface area (Å²) in [5, 5.41) is 3.52. The van der Waals surface area contributed by atoms with Gasteiger partial charge in [0.25, 0.3) is 0 Å². The number of imidazole rings is 1. The standard InChI is InChI=1S/C26H35N5O2/c1-18-9-11-20(12-10-18)28-24-27-14-13-22(29-24)23-16-30(26(3,4)17-33-5)25(32)31(23)21-8-6-7-19(2)15-21/h6-8,13-16,18,20H,9-12,17H2,1-5H3,(H,27,28,29). The molecule has 0 radical (unpaired) electrons. The molecule has 1 aromatic carbocycles. The van der Waals surface area contributed by atoms with E-state index in [-0.39, 0.29) is 5.69 Å². The molecule has 1 N–H and O–H groups in total. The highest BCUT2D eigenvalue weighted by atomic mass is 16.5. The maximum absolute atomic E-state index is 13.6. The molecule has 176 valence electrons. The Bertz CT molecular complexity index is 1160. The zero-order valence-electron chi connectivity index (χ0n) is 20.3. The summed E-state index contributed by atoms with van der Waals surface area (Å²) in [6.07, 6.45) is 8.36. The molecule has 0 unspecified atom stereocenters. The molecule has 0 aliphatic heterocycles. The van der Waals surface area contributed by atoms with Gasteiger partial charge in [0.1, 0.15) is 0 Å². The second kappa shape index (κ2) is 9.51. The molecular weight excluding hydrogens is 414 g/mol. The number of benzene rings is 1. The Labute approximate surface area is 195 Å². The Morgan fingerprint density at radius 1 is 1.18 bits per heavy atom. The van der Waals surface area contributed by atoms with Crippen molar-refractivity contribution in [2.75, 3.05) is 19.0 Å². The van der Waals surface area contributed by atoms with Crippen molar-refractivity contribution in [2.45, 2.75) is 65.0 Å². The predicted molar refractivity (Wildman–Crippen MR) is 132 cm³/mol. The molecular formula is C26H35N5O2. The summed E-state index contributed by atoms with van der Waals surface area (Å²) in [4.78, 5) is 22.9. The highest BCUT2D eigenvalue weighted by Gasteiger charge is 2.27. The van der Waals surface area contributed by atoms with Gasteiger partial charge in [0.05, 0.1) is 29.2 Å². The fourth-order valence-electron chi connectivity index (χ4n) is 4.66. The van der Waals surface area contributed by atoms with E-state index in [4.69, 9.17) is 9.72 Å². The maximum Gasteiger partial charge on any atom is 0.333 e. The molecule has 2 aromatic heterocycles. The van der Waals surface area contributed by atoms with Crippen molar-refractivity contribution in [3.63, 3.8) is 0 Å². The summed E-state index contributed by atoms with van der Waals surface area (Å²) in [7, 11) is 1.65. The highest BCUT2D eigenvalue weighted by molar-refractivity contribution is 5.59. The van der Waals surface area contributed by atoms with Crippen LogP contribution in [0.3, 0.4) is 0 Å². The third-order valence-corrected chi connectivity index (χ3v) is 6.57. The third-order valence-electron chi connectivity index (χ3n) is 6.57. The summed E-state index contributed by atoms with van der Waals surface area (Å²) in [6, 6.07) is 10.2. The first-order valence-corrected chi connectivity index (χ1v) is 11.8. The van der Waals surface area contributed by atoms with Gasteiger partial charge in [-0.1, -0.05) is 19.1 Å². The average Bonchev–Trinajstić information content (AvgIpc) is 3.14. The molecule has 1 aliphatic carbocycles.